The van der Waals surface area contributed by atoms with Gasteiger partial charge in [-0.1, -0.05) is 25.2 Å². The van der Waals surface area contributed by atoms with Crippen LogP contribution in [-0.2, 0) is 20.1 Å². The summed E-state index contributed by atoms with van der Waals surface area (Å²) in [6.07, 6.45) is 1.89. The number of hydrogen-bond acceptors (Lipinski definition) is 7. The second-order valence-electron chi connectivity index (χ2n) is 6.92. The van der Waals surface area contributed by atoms with Crippen LogP contribution in [0.15, 0.2) is 18.3 Å². The summed E-state index contributed by atoms with van der Waals surface area (Å²) in [6.45, 7) is 6.75. The molecule has 0 aliphatic carbocycles. The van der Waals surface area contributed by atoms with E-state index in [1.807, 2.05) is 23.9 Å². The molecular weight excluding hydrogens is 350 g/mol. The van der Waals surface area contributed by atoms with Crippen LogP contribution in [0.2, 0.25) is 0 Å². The Labute approximate surface area is 156 Å². The number of aliphatic hydroxyl groups is 1. The zero-order chi connectivity index (χ0) is 18.3. The van der Waals surface area contributed by atoms with Crippen molar-refractivity contribution in [2.75, 3.05) is 11.4 Å². The Bertz CT molecular complexity index is 897. The lowest BCUT2D eigenvalue weighted by molar-refractivity contribution is 0.203. The third-order valence-corrected chi connectivity index (χ3v) is 5.93. The summed E-state index contributed by atoms with van der Waals surface area (Å²) < 4.78 is 3.68. The SMILES string of the molecule is CC(C)c1nnc(N2CCCn3nc(C(O)c4ccnn4C)cc3C2)s1. The summed E-state index contributed by atoms with van der Waals surface area (Å²) in [5.41, 5.74) is 2.48. The summed E-state index contributed by atoms with van der Waals surface area (Å²) in [5.74, 6) is 0.388. The van der Waals surface area contributed by atoms with Gasteiger partial charge in [0.1, 0.15) is 11.1 Å². The Kier molecular flexibility index (Phi) is 4.49. The van der Waals surface area contributed by atoms with Gasteiger partial charge in [-0.05, 0) is 18.6 Å². The van der Waals surface area contributed by atoms with E-state index < -0.39 is 6.10 Å². The molecule has 0 saturated carbocycles. The minimum absolute atomic E-state index is 0.388. The van der Waals surface area contributed by atoms with E-state index in [-0.39, 0.29) is 0 Å². The van der Waals surface area contributed by atoms with Crippen molar-refractivity contribution in [3.63, 3.8) is 0 Å². The molecule has 3 aromatic rings. The number of aryl methyl sites for hydroxylation is 2. The Hall–Kier alpha value is -2.26. The number of aromatic nitrogens is 6. The van der Waals surface area contributed by atoms with Crippen LogP contribution in [0.3, 0.4) is 0 Å². The zero-order valence-corrected chi connectivity index (χ0v) is 16.0. The van der Waals surface area contributed by atoms with Crippen LogP contribution in [-0.4, -0.2) is 41.4 Å². The second-order valence-corrected chi connectivity index (χ2v) is 7.91. The first-order valence-electron chi connectivity index (χ1n) is 8.84. The second kappa shape index (κ2) is 6.81. The topological polar surface area (TPSA) is 84.9 Å². The Morgan fingerprint density at radius 2 is 2.08 bits per heavy atom. The van der Waals surface area contributed by atoms with E-state index in [4.69, 9.17) is 0 Å². The maximum absolute atomic E-state index is 10.7. The number of fused-ring (bicyclic) bond motifs is 1. The maximum Gasteiger partial charge on any atom is 0.208 e. The highest BCUT2D eigenvalue weighted by Crippen LogP contribution is 2.29. The maximum atomic E-state index is 10.7. The Balaban J connectivity index is 1.58. The highest BCUT2D eigenvalue weighted by Gasteiger charge is 2.24. The molecule has 0 spiro atoms. The monoisotopic (exact) mass is 373 g/mol. The molecule has 0 fully saturated rings. The first kappa shape index (κ1) is 17.2. The standard InChI is InChI=1S/C17H23N7OS/c1-11(2)16-19-20-17(26-16)23-7-4-8-24-12(10-23)9-13(21-24)15(25)14-5-6-18-22(14)3/h5-6,9,11,15,25H,4,7-8,10H2,1-3H3. The van der Waals surface area contributed by atoms with E-state index in [0.717, 1.165) is 47.6 Å². The number of rotatable bonds is 4. The fourth-order valence-electron chi connectivity index (χ4n) is 3.17. The van der Waals surface area contributed by atoms with Gasteiger partial charge in [-0.2, -0.15) is 10.2 Å². The highest BCUT2D eigenvalue weighted by atomic mass is 32.1. The summed E-state index contributed by atoms with van der Waals surface area (Å²) in [7, 11) is 1.82. The fourth-order valence-corrected chi connectivity index (χ4v) is 4.04. The van der Waals surface area contributed by atoms with Gasteiger partial charge in [0, 0.05) is 32.3 Å². The molecule has 138 valence electrons. The number of anilines is 1. The zero-order valence-electron chi connectivity index (χ0n) is 15.2. The summed E-state index contributed by atoms with van der Waals surface area (Å²) >= 11 is 1.66. The van der Waals surface area contributed by atoms with Crippen LogP contribution < -0.4 is 4.90 Å². The van der Waals surface area contributed by atoms with Crippen molar-refractivity contribution in [2.45, 2.75) is 45.4 Å². The van der Waals surface area contributed by atoms with E-state index in [9.17, 15) is 5.11 Å². The fraction of sp³-hybridized carbons (Fsp3) is 0.529. The van der Waals surface area contributed by atoms with E-state index in [0.29, 0.717) is 11.6 Å². The summed E-state index contributed by atoms with van der Waals surface area (Å²) in [6, 6.07) is 3.80. The molecular formula is C17H23N7OS. The Morgan fingerprint density at radius 3 is 2.77 bits per heavy atom. The predicted molar refractivity (Wildman–Crippen MR) is 99.2 cm³/mol. The van der Waals surface area contributed by atoms with Crippen molar-refractivity contribution in [1.29, 1.82) is 0 Å². The molecule has 9 heteroatoms. The Morgan fingerprint density at radius 1 is 1.23 bits per heavy atom. The molecule has 1 aliphatic heterocycles. The molecule has 0 saturated heterocycles. The summed E-state index contributed by atoms with van der Waals surface area (Å²) in [4.78, 5) is 2.25. The van der Waals surface area contributed by atoms with E-state index in [1.54, 1.807) is 22.2 Å². The predicted octanol–water partition coefficient (Wildman–Crippen LogP) is 2.08. The van der Waals surface area contributed by atoms with Gasteiger partial charge in [0.15, 0.2) is 0 Å². The quantitative estimate of drug-likeness (QED) is 0.754. The van der Waals surface area contributed by atoms with Gasteiger partial charge in [0.05, 0.1) is 23.6 Å². The molecule has 1 unspecified atom stereocenters. The lowest BCUT2D eigenvalue weighted by atomic mass is 10.2. The molecule has 1 N–H and O–H groups in total. The van der Waals surface area contributed by atoms with Crippen LogP contribution >= 0.6 is 11.3 Å². The molecule has 0 radical (unpaired) electrons. The van der Waals surface area contributed by atoms with Gasteiger partial charge in [-0.15, -0.1) is 10.2 Å². The van der Waals surface area contributed by atoms with Crippen molar-refractivity contribution in [3.05, 3.63) is 40.4 Å². The molecule has 3 aromatic heterocycles. The van der Waals surface area contributed by atoms with Crippen molar-refractivity contribution >= 4 is 16.5 Å². The minimum atomic E-state index is -0.774. The van der Waals surface area contributed by atoms with Gasteiger partial charge >= 0.3 is 0 Å². The van der Waals surface area contributed by atoms with Crippen LogP contribution in [0.1, 0.15) is 54.4 Å². The molecule has 26 heavy (non-hydrogen) atoms. The first-order chi connectivity index (χ1) is 12.5. The molecule has 0 aromatic carbocycles. The normalized spacial score (nSPS) is 16.0. The van der Waals surface area contributed by atoms with Gasteiger partial charge in [-0.3, -0.25) is 9.36 Å². The molecule has 0 amide bonds. The third-order valence-electron chi connectivity index (χ3n) is 4.65. The molecule has 0 bridgehead atoms. The molecule has 1 aliphatic rings. The number of nitrogens with zero attached hydrogens (tertiary/aromatic N) is 7. The molecule has 8 nitrogen and oxygen atoms in total. The van der Waals surface area contributed by atoms with Crippen LogP contribution in [0.5, 0.6) is 0 Å². The average molecular weight is 373 g/mol. The van der Waals surface area contributed by atoms with E-state index in [1.165, 1.54) is 0 Å². The van der Waals surface area contributed by atoms with Crippen LogP contribution in [0.25, 0.3) is 0 Å². The minimum Gasteiger partial charge on any atom is -0.380 e. The third kappa shape index (κ3) is 3.12. The lowest BCUT2D eigenvalue weighted by Crippen LogP contribution is -2.22. The number of aliphatic hydroxyl groups excluding tert-OH is 1. The van der Waals surface area contributed by atoms with E-state index >= 15 is 0 Å². The smallest absolute Gasteiger partial charge is 0.208 e. The van der Waals surface area contributed by atoms with Crippen molar-refractivity contribution in [1.82, 2.24) is 29.8 Å². The molecule has 4 rings (SSSR count). The van der Waals surface area contributed by atoms with Gasteiger partial charge in [-0.25, -0.2) is 0 Å². The van der Waals surface area contributed by atoms with Crippen LogP contribution in [0.4, 0.5) is 5.13 Å². The number of hydrogen-bond donors (Lipinski definition) is 1. The molecule has 1 atom stereocenters. The summed E-state index contributed by atoms with van der Waals surface area (Å²) in [5, 5.41) is 30.1. The van der Waals surface area contributed by atoms with Gasteiger partial charge < -0.3 is 10.0 Å². The highest BCUT2D eigenvalue weighted by molar-refractivity contribution is 7.15. The van der Waals surface area contributed by atoms with Crippen molar-refractivity contribution < 1.29 is 5.11 Å². The molecule has 4 heterocycles. The van der Waals surface area contributed by atoms with Crippen molar-refractivity contribution in [2.24, 2.45) is 7.05 Å². The van der Waals surface area contributed by atoms with Crippen molar-refractivity contribution in [3.8, 4) is 0 Å². The lowest BCUT2D eigenvalue weighted by Gasteiger charge is -2.17. The van der Waals surface area contributed by atoms with E-state index in [2.05, 4.69) is 39.1 Å². The average Bonchev–Trinajstić information content (AvgIpc) is 3.32. The van der Waals surface area contributed by atoms with Gasteiger partial charge in [0.2, 0.25) is 5.13 Å². The van der Waals surface area contributed by atoms with Crippen LogP contribution in [0, 0.1) is 0 Å². The van der Waals surface area contributed by atoms with Gasteiger partial charge in [0.25, 0.3) is 0 Å². The largest absolute Gasteiger partial charge is 0.380 e. The first-order valence-corrected chi connectivity index (χ1v) is 9.65.